The zero-order chi connectivity index (χ0) is 45.6. The highest BCUT2D eigenvalue weighted by molar-refractivity contribution is 6.28. The Bertz CT molecular complexity index is 3090. The lowest BCUT2D eigenvalue weighted by Gasteiger charge is -2.33. The van der Waals surface area contributed by atoms with Gasteiger partial charge in [-0.05, 0) is 152 Å². The van der Waals surface area contributed by atoms with Gasteiger partial charge < -0.3 is 9.80 Å². The summed E-state index contributed by atoms with van der Waals surface area (Å²) >= 11 is 0. The standard InChI is InChI=1S/C64H64N2/c1-9-41(5)49-25-23-45-27-33-53(43(7)11-3)63(57(45)39-49)65(51-19-15-13-16-20-51)59-37-31-47-30-36-56-60(38-32-48-29-35-55(59)61(47)62(48)56)66(52-21-17-14-18-22-52)64-54(44(8)12-4)34-28-46-24-26-50(40-58(46)64)42(6)10-2/h13-44H,9-12H2,1-8H3. The SMILES string of the molecule is CCC(C)c1ccc2ccc(C(C)CC)c(N(c3ccccc3)c3ccc4ccc5c(N(c6ccccc6)c6c(C(C)CC)ccc7ccc(C(C)CC)cc67)ccc6ccc3c4c65)c2c1. The first kappa shape index (κ1) is 43.3. The Hall–Kier alpha value is -6.64. The van der Waals surface area contributed by atoms with E-state index in [9.17, 15) is 0 Å². The van der Waals surface area contributed by atoms with Crippen molar-refractivity contribution in [2.75, 3.05) is 9.80 Å². The van der Waals surface area contributed by atoms with Crippen LogP contribution in [0.15, 0.2) is 170 Å². The van der Waals surface area contributed by atoms with Crippen molar-refractivity contribution in [3.8, 4) is 0 Å². The van der Waals surface area contributed by atoms with Gasteiger partial charge in [-0.3, -0.25) is 0 Å². The topological polar surface area (TPSA) is 6.48 Å². The monoisotopic (exact) mass is 861 g/mol. The Labute approximate surface area is 392 Å². The molecule has 0 fully saturated rings. The van der Waals surface area contributed by atoms with E-state index in [1.807, 2.05) is 0 Å². The van der Waals surface area contributed by atoms with Crippen LogP contribution < -0.4 is 9.80 Å². The highest BCUT2D eigenvalue weighted by Gasteiger charge is 2.27. The van der Waals surface area contributed by atoms with Crippen molar-refractivity contribution in [3.05, 3.63) is 192 Å². The van der Waals surface area contributed by atoms with Crippen molar-refractivity contribution in [2.45, 2.75) is 105 Å². The average Bonchev–Trinajstić information content (AvgIpc) is 3.38. The fourth-order valence-electron chi connectivity index (χ4n) is 10.6. The fraction of sp³-hybridized carbons (Fsp3) is 0.250. The molecule has 0 spiro atoms. The molecule has 2 nitrogen and oxygen atoms in total. The lowest BCUT2D eigenvalue weighted by molar-refractivity contribution is 0.732. The van der Waals surface area contributed by atoms with E-state index in [2.05, 4.69) is 235 Å². The van der Waals surface area contributed by atoms with Crippen LogP contribution in [-0.2, 0) is 0 Å². The quantitative estimate of drug-likeness (QED) is 0.101. The van der Waals surface area contributed by atoms with Gasteiger partial charge in [-0.1, -0.05) is 177 Å². The van der Waals surface area contributed by atoms with Gasteiger partial charge in [-0.2, -0.15) is 0 Å². The van der Waals surface area contributed by atoms with Crippen molar-refractivity contribution in [1.82, 2.24) is 0 Å². The third-order valence-electron chi connectivity index (χ3n) is 15.3. The number of hydrogen-bond donors (Lipinski definition) is 0. The maximum atomic E-state index is 2.59. The fourth-order valence-corrected chi connectivity index (χ4v) is 10.6. The van der Waals surface area contributed by atoms with E-state index in [0.29, 0.717) is 23.7 Å². The molecule has 330 valence electrons. The summed E-state index contributed by atoms with van der Waals surface area (Å²) in [6, 6.07) is 65.1. The minimum absolute atomic E-state index is 0.366. The van der Waals surface area contributed by atoms with E-state index in [1.54, 1.807) is 0 Å². The summed E-state index contributed by atoms with van der Waals surface area (Å²) in [4.78, 5) is 5.19. The maximum absolute atomic E-state index is 2.59. The first-order valence-electron chi connectivity index (χ1n) is 24.8. The Balaban J connectivity index is 1.29. The molecule has 66 heavy (non-hydrogen) atoms. The average molecular weight is 861 g/mol. The number of para-hydroxylation sites is 2. The number of fused-ring (bicyclic) bond motifs is 2. The van der Waals surface area contributed by atoms with Gasteiger partial charge >= 0.3 is 0 Å². The molecule has 10 aromatic carbocycles. The number of anilines is 6. The van der Waals surface area contributed by atoms with Crippen LogP contribution in [0.1, 0.15) is 127 Å². The Morgan fingerprint density at radius 2 is 0.682 bits per heavy atom. The lowest BCUT2D eigenvalue weighted by atomic mass is 9.88. The van der Waals surface area contributed by atoms with E-state index in [4.69, 9.17) is 0 Å². The highest BCUT2D eigenvalue weighted by Crippen LogP contribution is 2.52. The maximum Gasteiger partial charge on any atom is 0.0575 e. The molecular weight excluding hydrogens is 797 g/mol. The van der Waals surface area contributed by atoms with Gasteiger partial charge in [0, 0.05) is 32.9 Å². The van der Waals surface area contributed by atoms with Crippen LogP contribution in [0.25, 0.3) is 53.9 Å². The molecule has 0 saturated carbocycles. The summed E-state index contributed by atoms with van der Waals surface area (Å²) in [5.41, 5.74) is 12.9. The zero-order valence-electron chi connectivity index (χ0n) is 40.2. The molecular formula is C64H64N2. The summed E-state index contributed by atoms with van der Waals surface area (Å²) in [5, 5.41) is 12.8. The Morgan fingerprint density at radius 3 is 1.06 bits per heavy atom. The van der Waals surface area contributed by atoms with Gasteiger partial charge in [0.25, 0.3) is 0 Å². The first-order valence-corrected chi connectivity index (χ1v) is 24.8. The van der Waals surface area contributed by atoms with E-state index >= 15 is 0 Å². The van der Waals surface area contributed by atoms with Crippen LogP contribution in [0.4, 0.5) is 34.1 Å². The molecule has 0 aromatic heterocycles. The van der Waals surface area contributed by atoms with E-state index in [-0.39, 0.29) is 0 Å². The van der Waals surface area contributed by atoms with Crippen LogP contribution >= 0.6 is 0 Å². The largest absolute Gasteiger partial charge is 0.309 e. The molecule has 0 N–H and O–H groups in total. The lowest BCUT2D eigenvalue weighted by Crippen LogP contribution is -2.15. The van der Waals surface area contributed by atoms with Gasteiger partial charge in [-0.15, -0.1) is 0 Å². The number of hydrogen-bond acceptors (Lipinski definition) is 2. The minimum atomic E-state index is 0.366. The predicted molar refractivity (Wildman–Crippen MR) is 289 cm³/mol. The first-order chi connectivity index (χ1) is 32.2. The smallest absolute Gasteiger partial charge is 0.0575 e. The second kappa shape index (κ2) is 18.0. The Kier molecular flexibility index (Phi) is 11.8. The molecule has 0 bridgehead atoms. The molecule has 0 amide bonds. The Morgan fingerprint density at radius 1 is 0.333 bits per heavy atom. The van der Waals surface area contributed by atoms with Gasteiger partial charge in [0.2, 0.25) is 0 Å². The summed E-state index contributed by atoms with van der Waals surface area (Å²) in [5.74, 6) is 1.67. The number of rotatable bonds is 14. The van der Waals surface area contributed by atoms with E-state index in [0.717, 1.165) is 25.7 Å². The molecule has 0 aliphatic carbocycles. The third kappa shape index (κ3) is 7.36. The van der Waals surface area contributed by atoms with Gasteiger partial charge in [0.1, 0.15) is 0 Å². The summed E-state index contributed by atoms with van der Waals surface area (Å²) in [6.45, 7) is 18.7. The highest BCUT2D eigenvalue weighted by atomic mass is 15.2. The summed E-state index contributed by atoms with van der Waals surface area (Å²) in [6.07, 6.45) is 4.32. The third-order valence-corrected chi connectivity index (χ3v) is 15.3. The molecule has 10 rings (SSSR count). The second-order valence-electron chi connectivity index (χ2n) is 19.1. The molecule has 10 aromatic rings. The van der Waals surface area contributed by atoms with Crippen LogP contribution in [0.2, 0.25) is 0 Å². The zero-order valence-corrected chi connectivity index (χ0v) is 40.2. The molecule has 0 aliphatic rings. The molecule has 0 saturated heterocycles. The molecule has 0 aliphatic heterocycles. The van der Waals surface area contributed by atoms with Crippen molar-refractivity contribution < 1.29 is 0 Å². The second-order valence-corrected chi connectivity index (χ2v) is 19.1. The van der Waals surface area contributed by atoms with Crippen LogP contribution in [0.5, 0.6) is 0 Å². The van der Waals surface area contributed by atoms with Crippen molar-refractivity contribution in [1.29, 1.82) is 0 Å². The number of nitrogens with zero attached hydrogens (tertiary/aromatic N) is 2. The van der Waals surface area contributed by atoms with Crippen molar-refractivity contribution in [3.63, 3.8) is 0 Å². The van der Waals surface area contributed by atoms with Crippen molar-refractivity contribution in [2.24, 2.45) is 0 Å². The van der Waals surface area contributed by atoms with Crippen molar-refractivity contribution >= 4 is 88.0 Å². The summed E-state index contributed by atoms with van der Waals surface area (Å²) < 4.78 is 0. The molecule has 2 heteroatoms. The molecule has 4 unspecified atom stereocenters. The normalized spacial score (nSPS) is 13.8. The van der Waals surface area contributed by atoms with E-state index < -0.39 is 0 Å². The van der Waals surface area contributed by atoms with Crippen LogP contribution in [0.3, 0.4) is 0 Å². The van der Waals surface area contributed by atoms with Crippen LogP contribution in [0, 0.1) is 0 Å². The van der Waals surface area contributed by atoms with E-state index in [1.165, 1.54) is 110 Å². The van der Waals surface area contributed by atoms with Gasteiger partial charge in [0.05, 0.1) is 22.7 Å². The minimum Gasteiger partial charge on any atom is -0.309 e. The number of benzene rings is 10. The van der Waals surface area contributed by atoms with Gasteiger partial charge in [0.15, 0.2) is 0 Å². The predicted octanol–water partition coefficient (Wildman–Crippen LogP) is 19.9. The molecule has 0 heterocycles. The van der Waals surface area contributed by atoms with Gasteiger partial charge in [-0.25, -0.2) is 0 Å². The molecule has 4 atom stereocenters. The summed E-state index contributed by atoms with van der Waals surface area (Å²) in [7, 11) is 0. The molecule has 0 radical (unpaired) electrons. The van der Waals surface area contributed by atoms with Crippen LogP contribution in [-0.4, -0.2) is 0 Å².